The summed E-state index contributed by atoms with van der Waals surface area (Å²) in [7, 11) is 0. The Morgan fingerprint density at radius 1 is 0.354 bits per heavy atom. The third-order valence-electron chi connectivity index (χ3n) is 29.4. The zero-order valence-corrected chi connectivity index (χ0v) is 97.0. The minimum Gasteiger partial charge on any atom is -0.354 e. The first kappa shape index (κ1) is 115. The summed E-state index contributed by atoms with van der Waals surface area (Å²) in [5.41, 5.74) is 17.9. The average molecular weight is 2120 g/mol. The second-order valence-corrected chi connectivity index (χ2v) is 49.3. The third-order valence-corrected chi connectivity index (χ3v) is 39.0. The number of nitrogens with zero attached hydrogens (tertiary/aromatic N) is 7. The van der Waals surface area contributed by atoms with Gasteiger partial charge in [-0.25, -0.2) is 24.9 Å². The Morgan fingerprint density at radius 3 is 0.980 bits per heavy atom. The number of hydrogen-bond acceptors (Lipinski definition) is 13. The lowest BCUT2D eigenvalue weighted by Crippen LogP contribution is -2.31. The molecule has 780 valence electrons. The zero-order chi connectivity index (χ0) is 103. The highest BCUT2D eigenvalue weighted by Gasteiger charge is 2.27. The molecular weight excluding hydrogens is 1950 g/mol. The van der Waals surface area contributed by atoms with Crippen LogP contribution in [0.1, 0.15) is 483 Å². The van der Waals surface area contributed by atoms with Crippen LogP contribution in [0.4, 0.5) is 0 Å². The summed E-state index contributed by atoms with van der Waals surface area (Å²) in [6.07, 6.45) is 75.0. The van der Waals surface area contributed by atoms with Gasteiger partial charge in [-0.15, -0.1) is 90.7 Å². The Morgan fingerprint density at radius 2 is 0.653 bits per heavy atom. The first-order valence-corrected chi connectivity index (χ1v) is 63.6. The number of aromatic nitrogens is 6. The van der Waals surface area contributed by atoms with Crippen LogP contribution in [-0.4, -0.2) is 29.1 Å². The number of thiophene rings is 6. The van der Waals surface area contributed by atoms with Crippen molar-refractivity contribution in [1.82, 2.24) is 29.1 Å². The summed E-state index contributed by atoms with van der Waals surface area (Å²) in [6.45, 7) is 40.7. The minimum atomic E-state index is -0.162. The lowest BCUT2D eigenvalue weighted by molar-refractivity contribution is 0.485. The molecule has 11 nitrogen and oxygen atoms in total. The first-order chi connectivity index (χ1) is 72.1. The lowest BCUT2D eigenvalue weighted by atomic mass is 9.87. The molecule has 8 bridgehead atoms. The monoisotopic (exact) mass is 2110 g/mol. The second kappa shape index (κ2) is 61.9. The van der Waals surface area contributed by atoms with Gasteiger partial charge in [-0.3, -0.25) is 9.59 Å². The van der Waals surface area contributed by atoms with Gasteiger partial charge in [0.2, 0.25) is 0 Å². The van der Waals surface area contributed by atoms with E-state index < -0.39 is 0 Å². The maximum absolute atomic E-state index is 14.0. The number of nitrogens with one attached hydrogen (secondary N) is 2. The second-order valence-electron chi connectivity index (χ2n) is 40.8. The summed E-state index contributed by atoms with van der Waals surface area (Å²) >= 11 is 13.7. The number of rotatable bonds is 62. The Balaban J connectivity index is 1.00. The number of nitriles is 1. The predicted octanol–water partition coefficient (Wildman–Crippen LogP) is 37.5. The highest BCUT2D eigenvalue weighted by Crippen LogP contribution is 2.48. The van der Waals surface area contributed by atoms with E-state index in [1.54, 1.807) is 31.8 Å². The maximum atomic E-state index is 14.0. The van der Waals surface area contributed by atoms with Gasteiger partial charge in [-0.1, -0.05) is 336 Å². The molecule has 0 saturated heterocycles. The van der Waals surface area contributed by atoms with Gasteiger partial charge in [-0.2, -0.15) is 0 Å². The van der Waals surface area contributed by atoms with Crippen molar-refractivity contribution in [3.63, 3.8) is 0 Å². The van der Waals surface area contributed by atoms with E-state index in [-0.39, 0.29) is 28.7 Å². The maximum Gasteiger partial charge on any atom is 0.294 e. The SMILES string of the molecule is [C-]#[N+]/C(C)=c1\sc(=Cc2cc(CCCCCC)c(-c3ccc(-c4sc(C#Cc5c6nc(c(C(CCCCCCCC)CCCCCCCCCC)c7ccc([nH]7)c(C#Cc7cc(CCCCCC)c(-c8ccc(-c9sc(C=c%10s/c(=C(\C#N)[N+]#[C-])n(CC)c%10=O)cc9CCCCCC)s8)s7)c7nc(c(C(CCCCCCCC)CCCCCCCCCC)c8ccc5[nH]8)C=C7)C=C6)cc4CCCCCC)s3)s2)c(=O)n1CC. The molecule has 0 radical (unpaired) electrons. The highest BCUT2D eigenvalue weighted by molar-refractivity contribution is 7.28. The summed E-state index contributed by atoms with van der Waals surface area (Å²) in [5.74, 6) is 16.4. The molecule has 19 heteroatoms. The van der Waals surface area contributed by atoms with E-state index in [1.807, 2.05) is 72.2 Å². The normalized spacial score (nSPS) is 13.0. The summed E-state index contributed by atoms with van der Waals surface area (Å²) in [6, 6.07) is 30.3. The molecule has 0 fully saturated rings. The summed E-state index contributed by atoms with van der Waals surface area (Å²) in [5, 5.41) is 9.96. The van der Waals surface area contributed by atoms with Crippen LogP contribution in [0.5, 0.6) is 0 Å². The molecule has 0 saturated carbocycles. The van der Waals surface area contributed by atoms with E-state index in [4.69, 9.17) is 23.1 Å². The molecule has 0 spiro atoms. The number of aromatic amines is 2. The van der Waals surface area contributed by atoms with E-state index in [0.717, 1.165) is 196 Å². The van der Waals surface area contributed by atoms with E-state index in [2.05, 4.69) is 208 Å². The molecule has 2 unspecified atom stereocenters. The van der Waals surface area contributed by atoms with Crippen molar-refractivity contribution in [3.8, 4) is 68.8 Å². The van der Waals surface area contributed by atoms with Crippen molar-refractivity contribution in [1.29, 1.82) is 5.26 Å². The molecular formula is C128H163N9O2S8. The van der Waals surface area contributed by atoms with Gasteiger partial charge in [0.25, 0.3) is 16.8 Å². The van der Waals surface area contributed by atoms with Gasteiger partial charge < -0.3 is 19.1 Å². The molecule has 2 atom stereocenters. The molecule has 2 aliphatic rings. The van der Waals surface area contributed by atoms with Gasteiger partial charge >= 0.3 is 0 Å². The first-order valence-electron chi connectivity index (χ1n) is 57.1. The van der Waals surface area contributed by atoms with E-state index in [0.29, 0.717) is 32.5 Å². The number of hydrogen-bond donors (Lipinski definition) is 2. The van der Waals surface area contributed by atoms with Crippen molar-refractivity contribution in [2.24, 2.45) is 0 Å². The number of aryl methyl sites for hydroxylation is 4. The molecule has 2 aliphatic heterocycles. The molecule has 13 rings (SSSR count). The van der Waals surface area contributed by atoms with Gasteiger partial charge in [0.05, 0.1) is 87.6 Å². The molecule has 147 heavy (non-hydrogen) atoms. The van der Waals surface area contributed by atoms with Crippen LogP contribution < -0.4 is 29.5 Å². The van der Waals surface area contributed by atoms with Gasteiger partial charge in [0, 0.05) is 84.0 Å². The molecule has 0 aromatic carbocycles. The van der Waals surface area contributed by atoms with Crippen LogP contribution in [0, 0.1) is 48.2 Å². The van der Waals surface area contributed by atoms with E-state index >= 15 is 0 Å². The molecule has 2 N–H and O–H groups in total. The Bertz CT molecular complexity index is 6870. The number of fused-ring (bicyclic) bond motifs is 8. The fourth-order valence-electron chi connectivity index (χ4n) is 21.1. The van der Waals surface area contributed by atoms with E-state index in [9.17, 15) is 14.9 Å². The Labute approximate surface area is 912 Å². The van der Waals surface area contributed by atoms with Crippen molar-refractivity contribution < 1.29 is 0 Å². The Kier molecular flexibility index (Phi) is 48.4. The van der Waals surface area contributed by atoms with Crippen molar-refractivity contribution in [2.75, 3.05) is 0 Å². The van der Waals surface area contributed by atoms with Crippen molar-refractivity contribution in [3.05, 3.63) is 222 Å². The van der Waals surface area contributed by atoms with Gasteiger partial charge in [-0.05, 0) is 241 Å². The zero-order valence-electron chi connectivity index (χ0n) is 90.4. The fourth-order valence-corrected chi connectivity index (χ4v) is 30.5. The van der Waals surface area contributed by atoms with Crippen molar-refractivity contribution >= 4 is 161 Å². The predicted molar refractivity (Wildman–Crippen MR) is 645 cm³/mol. The standard InChI is InChI=1S/C128H163N9O2S8/c1-14-24-32-40-44-46-50-58-62-92(60-56-48-42-34-26-16-3)119-108-76-72-104(132-108)102(70-68-98-84-94(64-52-36-28-18-5)121(140-98)113-80-82-115(144-113)123-96(66-54-38-30-20-7)86-100(142-123)88-117-125(138)136(22-9)127(146-117)91(11)130-12)105-73-77-109(133-105)120(93(61-57-49-43-35-27-17-4)63-59-51-47-45-41-33-25-15-2)111-79-75-107(135-111)103(106-74-78-110(119)134-106)71-69-99-85-95(65-53-37-29-19-6)122(141-99)114-81-83-116(145-114)124-97(67-55-39-31-21-8)87-101(143-124)89-118-126(139)137(23-10)128(147-118)112(90-129)131-13/h72-89,92-93,132,135H,14-67H2,1-11H3/b104-102?,105-102?,106-103?,107-103?,117-88?,118-89?,119-108?,119-110?,120-109?,120-111?,127-91-,128-112+. The quantitative estimate of drug-likeness (QED) is 0.0222. The number of unbranched alkanes of at least 4 members (excludes halogenated alkanes) is 36. The Hall–Kier alpha value is -9.27. The molecule has 11 aromatic rings. The summed E-state index contributed by atoms with van der Waals surface area (Å²) < 4.78 is 5.71. The molecule has 0 aliphatic carbocycles. The third kappa shape index (κ3) is 32.4. The number of H-pyrrole nitrogens is 2. The lowest BCUT2D eigenvalue weighted by Gasteiger charge is -2.19. The van der Waals surface area contributed by atoms with E-state index in [1.165, 1.54) is 313 Å². The van der Waals surface area contributed by atoms with Crippen LogP contribution in [0.25, 0.3) is 119 Å². The largest absolute Gasteiger partial charge is 0.354 e. The number of thiazole rings is 2. The minimum absolute atomic E-state index is 0.0245. The molecule has 13 heterocycles. The van der Waals surface area contributed by atoms with Crippen LogP contribution >= 0.6 is 90.7 Å². The highest BCUT2D eigenvalue weighted by atomic mass is 32.1. The van der Waals surface area contributed by atoms with Crippen molar-refractivity contribution in [2.45, 2.75) is 435 Å². The smallest absolute Gasteiger partial charge is 0.294 e. The molecule has 11 aromatic heterocycles. The molecule has 0 amide bonds. The van der Waals surface area contributed by atoms with Crippen LogP contribution in [0.3, 0.4) is 0 Å². The van der Waals surface area contributed by atoms with Gasteiger partial charge in [0.1, 0.15) is 4.66 Å². The topological polar surface area (TPSA) is 134 Å². The average Bonchev–Trinajstić information content (AvgIpc) is 1.62. The van der Waals surface area contributed by atoms with Crippen LogP contribution in [0.2, 0.25) is 0 Å². The summed E-state index contributed by atoms with van der Waals surface area (Å²) in [4.78, 5) is 70.2. The van der Waals surface area contributed by atoms with Crippen LogP contribution in [-0.2, 0) is 38.8 Å². The van der Waals surface area contributed by atoms with Crippen LogP contribution in [0.15, 0.2) is 82.4 Å². The van der Waals surface area contributed by atoms with Gasteiger partial charge in [0.15, 0.2) is 5.70 Å². The fraction of sp³-hybridized carbons (Fsp3) is 0.523.